The van der Waals surface area contributed by atoms with Crippen LogP contribution in [0.5, 0.6) is 11.5 Å². The van der Waals surface area contributed by atoms with Crippen molar-refractivity contribution >= 4 is 61.0 Å². The molecular formula is C21H21IN2O5S2. The van der Waals surface area contributed by atoms with Gasteiger partial charge in [-0.3, -0.25) is 4.79 Å². The Morgan fingerprint density at radius 1 is 1.16 bits per heavy atom. The van der Waals surface area contributed by atoms with E-state index in [2.05, 4.69) is 27.6 Å². The van der Waals surface area contributed by atoms with Crippen LogP contribution < -0.4 is 14.4 Å². The van der Waals surface area contributed by atoms with Gasteiger partial charge in [-0.2, -0.15) is 4.99 Å². The van der Waals surface area contributed by atoms with Gasteiger partial charge in [0.25, 0.3) is 5.91 Å². The molecule has 0 spiro atoms. The number of carbonyl (C=O) groups excluding carboxylic acids is 1. The van der Waals surface area contributed by atoms with Crippen LogP contribution in [0.2, 0.25) is 0 Å². The Hall–Kier alpha value is -1.79. The van der Waals surface area contributed by atoms with Crippen molar-refractivity contribution in [1.82, 2.24) is 0 Å². The number of nitrogens with zero attached hydrogens (tertiary/aromatic N) is 2. The molecule has 2 heterocycles. The second-order valence-corrected chi connectivity index (χ2v) is 11.9. The minimum Gasteiger partial charge on any atom is -0.493 e. The molecule has 2 aromatic carbocycles. The van der Waals surface area contributed by atoms with E-state index in [4.69, 9.17) is 9.47 Å². The third kappa shape index (κ3) is 4.85. The summed E-state index contributed by atoms with van der Waals surface area (Å²) in [6.45, 7) is 0. The van der Waals surface area contributed by atoms with E-state index in [-0.39, 0.29) is 35.1 Å². The molecule has 7 nitrogen and oxygen atoms in total. The number of fused-ring (bicyclic) bond motifs is 1. The van der Waals surface area contributed by atoms with Gasteiger partial charge < -0.3 is 14.4 Å². The summed E-state index contributed by atoms with van der Waals surface area (Å²) in [6.07, 6.45) is 0.109. The number of aliphatic imine (C=N–C) groups is 1. The van der Waals surface area contributed by atoms with Crippen LogP contribution in [0.15, 0.2) is 47.5 Å². The first-order chi connectivity index (χ1) is 14.8. The summed E-state index contributed by atoms with van der Waals surface area (Å²) in [5, 5.41) is 0.424. The molecule has 0 aromatic heterocycles. The quantitative estimate of drug-likeness (QED) is 0.509. The minimum atomic E-state index is -3.10. The molecule has 1 amide bonds. The van der Waals surface area contributed by atoms with Gasteiger partial charge in [0, 0.05) is 14.5 Å². The Kier molecular flexibility index (Phi) is 6.50. The maximum absolute atomic E-state index is 12.8. The number of anilines is 1. The van der Waals surface area contributed by atoms with Crippen molar-refractivity contribution in [3.05, 3.63) is 51.6 Å². The highest BCUT2D eigenvalue weighted by Crippen LogP contribution is 2.41. The van der Waals surface area contributed by atoms with Crippen LogP contribution in [0.25, 0.3) is 0 Å². The van der Waals surface area contributed by atoms with E-state index in [1.54, 1.807) is 32.4 Å². The lowest BCUT2D eigenvalue weighted by Gasteiger charge is -2.24. The monoisotopic (exact) mass is 572 g/mol. The van der Waals surface area contributed by atoms with Crippen LogP contribution in [-0.2, 0) is 21.1 Å². The van der Waals surface area contributed by atoms with Gasteiger partial charge in [0.2, 0.25) is 0 Å². The number of ether oxygens (including phenoxy) is 2. The summed E-state index contributed by atoms with van der Waals surface area (Å²) >= 11 is 3.59. The first-order valence-corrected chi connectivity index (χ1v) is 13.3. The molecule has 2 atom stereocenters. The third-order valence-corrected chi connectivity index (χ3v) is 9.06. The first-order valence-electron chi connectivity index (χ1n) is 9.54. The maximum Gasteiger partial charge on any atom is 0.252 e. The van der Waals surface area contributed by atoms with Crippen LogP contribution in [0, 0.1) is 3.57 Å². The number of amidine groups is 1. The van der Waals surface area contributed by atoms with Crippen LogP contribution in [0.3, 0.4) is 0 Å². The normalized spacial score (nSPS) is 23.1. The second kappa shape index (κ2) is 8.99. The van der Waals surface area contributed by atoms with Crippen molar-refractivity contribution in [1.29, 1.82) is 0 Å². The molecule has 0 radical (unpaired) electrons. The lowest BCUT2D eigenvalue weighted by Crippen LogP contribution is -2.37. The Bertz CT molecular complexity index is 1150. The largest absolute Gasteiger partial charge is 0.493 e. The molecule has 164 valence electrons. The molecular weight excluding hydrogens is 551 g/mol. The highest BCUT2D eigenvalue weighted by molar-refractivity contribution is 14.1. The average molecular weight is 572 g/mol. The van der Waals surface area contributed by atoms with Gasteiger partial charge in [0.05, 0.1) is 38.2 Å². The van der Waals surface area contributed by atoms with Gasteiger partial charge >= 0.3 is 0 Å². The predicted molar refractivity (Wildman–Crippen MR) is 131 cm³/mol. The number of hydrogen-bond acceptors (Lipinski definition) is 6. The highest BCUT2D eigenvalue weighted by Gasteiger charge is 2.49. The van der Waals surface area contributed by atoms with E-state index in [0.717, 1.165) is 14.8 Å². The molecule has 2 fully saturated rings. The van der Waals surface area contributed by atoms with Crippen molar-refractivity contribution in [2.24, 2.45) is 4.99 Å². The molecule has 2 aliphatic rings. The van der Waals surface area contributed by atoms with Gasteiger partial charge in [-0.25, -0.2) is 8.42 Å². The summed E-state index contributed by atoms with van der Waals surface area (Å²) in [5.74, 6) is 1.02. The molecule has 0 unspecified atom stereocenters. The van der Waals surface area contributed by atoms with E-state index >= 15 is 0 Å². The number of rotatable bonds is 5. The highest BCUT2D eigenvalue weighted by atomic mass is 127. The number of halogens is 1. The standard InChI is InChI=1S/C21H21IN2O5S2/c1-28-17-7-6-13(8-18(17)29-2)9-20(25)23-21-24(15-5-3-4-14(22)10-15)16-11-31(26,27)12-19(16)30-21/h3-8,10,16,19H,9,11-12H2,1-2H3/t16-,19+/m0/s1. The van der Waals surface area contributed by atoms with Crippen molar-refractivity contribution in [3.63, 3.8) is 0 Å². The zero-order valence-electron chi connectivity index (χ0n) is 16.9. The molecule has 0 saturated carbocycles. The smallest absolute Gasteiger partial charge is 0.252 e. The Morgan fingerprint density at radius 3 is 2.65 bits per heavy atom. The zero-order chi connectivity index (χ0) is 22.2. The lowest BCUT2D eigenvalue weighted by atomic mass is 10.1. The SMILES string of the molecule is COc1ccc(CC(=O)N=C2S[C@@H]3CS(=O)(=O)C[C@@H]3N2c2cccc(I)c2)cc1OC. The van der Waals surface area contributed by atoms with Gasteiger partial charge in [-0.15, -0.1) is 0 Å². The molecule has 0 N–H and O–H groups in total. The van der Waals surface area contributed by atoms with E-state index < -0.39 is 9.84 Å². The zero-order valence-corrected chi connectivity index (χ0v) is 20.7. The molecule has 2 saturated heterocycles. The van der Waals surface area contributed by atoms with Crippen molar-refractivity contribution < 1.29 is 22.7 Å². The second-order valence-electron chi connectivity index (χ2n) is 7.30. The molecule has 31 heavy (non-hydrogen) atoms. The number of thioether (sulfide) groups is 1. The topological polar surface area (TPSA) is 85.3 Å². The van der Waals surface area contributed by atoms with Gasteiger partial charge in [-0.1, -0.05) is 23.9 Å². The Morgan fingerprint density at radius 2 is 1.94 bits per heavy atom. The van der Waals surface area contributed by atoms with Crippen LogP contribution in [0.1, 0.15) is 5.56 Å². The predicted octanol–water partition coefficient (Wildman–Crippen LogP) is 3.15. The van der Waals surface area contributed by atoms with Crippen LogP contribution >= 0.6 is 34.4 Å². The number of hydrogen-bond donors (Lipinski definition) is 0. The van der Waals surface area contributed by atoms with Gasteiger partial charge in [0.1, 0.15) is 0 Å². The number of benzene rings is 2. The summed E-state index contributed by atoms with van der Waals surface area (Å²) in [7, 11) is 0.00294. The summed E-state index contributed by atoms with van der Waals surface area (Å²) in [4.78, 5) is 19.1. The first kappa shape index (κ1) is 22.4. The summed E-state index contributed by atoms with van der Waals surface area (Å²) < 4.78 is 36.0. The molecule has 10 heteroatoms. The number of methoxy groups -OCH3 is 2. The maximum atomic E-state index is 12.8. The van der Waals surface area contributed by atoms with E-state index in [9.17, 15) is 13.2 Å². The van der Waals surface area contributed by atoms with Crippen molar-refractivity contribution in [2.75, 3.05) is 30.6 Å². The number of carbonyl (C=O) groups is 1. The van der Waals surface area contributed by atoms with E-state index in [1.165, 1.54) is 11.8 Å². The van der Waals surface area contributed by atoms with E-state index in [1.807, 2.05) is 29.2 Å². The number of sulfone groups is 1. The van der Waals surface area contributed by atoms with Gasteiger partial charge in [0.15, 0.2) is 26.5 Å². The van der Waals surface area contributed by atoms with Crippen molar-refractivity contribution in [3.8, 4) is 11.5 Å². The fraction of sp³-hybridized carbons (Fsp3) is 0.333. The molecule has 2 aromatic rings. The molecule has 0 bridgehead atoms. The Labute approximate surface area is 199 Å². The molecule has 2 aliphatic heterocycles. The summed E-state index contributed by atoms with van der Waals surface area (Å²) in [6, 6.07) is 12.9. The average Bonchev–Trinajstić information content (AvgIpc) is 3.18. The molecule has 4 rings (SSSR count). The fourth-order valence-electron chi connectivity index (χ4n) is 3.80. The molecule has 0 aliphatic carbocycles. The van der Waals surface area contributed by atoms with Gasteiger partial charge in [-0.05, 0) is 58.5 Å². The minimum absolute atomic E-state index is 0.0685. The summed E-state index contributed by atoms with van der Waals surface area (Å²) in [5.41, 5.74) is 1.61. The van der Waals surface area contributed by atoms with Crippen LogP contribution in [-0.4, -0.2) is 56.5 Å². The number of amides is 1. The van der Waals surface area contributed by atoms with E-state index in [0.29, 0.717) is 16.7 Å². The lowest BCUT2D eigenvalue weighted by molar-refractivity contribution is -0.117. The van der Waals surface area contributed by atoms with Crippen molar-refractivity contribution in [2.45, 2.75) is 17.7 Å². The van der Waals surface area contributed by atoms with Crippen LogP contribution in [0.4, 0.5) is 5.69 Å². The fourth-order valence-corrected chi connectivity index (χ4v) is 8.26. The Balaban J connectivity index is 1.61. The third-order valence-electron chi connectivity index (χ3n) is 5.18.